The van der Waals surface area contributed by atoms with E-state index in [2.05, 4.69) is 5.32 Å². The van der Waals surface area contributed by atoms with Crippen molar-refractivity contribution >= 4 is 29.2 Å². The lowest BCUT2D eigenvalue weighted by atomic mass is 9.62. The molecule has 2 heterocycles. The van der Waals surface area contributed by atoms with E-state index in [9.17, 15) is 22.8 Å². The summed E-state index contributed by atoms with van der Waals surface area (Å²) in [4.78, 5) is 23.4. The van der Waals surface area contributed by atoms with E-state index in [-0.39, 0.29) is 30.2 Å². The summed E-state index contributed by atoms with van der Waals surface area (Å²) in [6.07, 6.45) is -4.58. The van der Waals surface area contributed by atoms with Gasteiger partial charge in [-0.15, -0.1) is 0 Å². The van der Waals surface area contributed by atoms with Gasteiger partial charge in [-0.05, 0) is 18.2 Å². The molecule has 0 atom stereocenters. The molecule has 1 aromatic carbocycles. The first-order valence-corrected chi connectivity index (χ1v) is 7.01. The van der Waals surface area contributed by atoms with Gasteiger partial charge in [0.15, 0.2) is 0 Å². The number of carboxylic acid groups (broad SMARTS) is 1. The molecule has 0 aromatic heterocycles. The molecule has 1 saturated carbocycles. The van der Waals surface area contributed by atoms with Crippen LogP contribution in [-0.2, 0) is 20.5 Å². The van der Waals surface area contributed by atoms with Gasteiger partial charge in [-0.3, -0.25) is 9.59 Å². The lowest BCUT2D eigenvalue weighted by molar-refractivity contribution is -0.156. The van der Waals surface area contributed by atoms with E-state index < -0.39 is 34.6 Å². The third kappa shape index (κ3) is 2.55. The number of nitrogens with one attached hydrogen (secondary N) is 1. The van der Waals surface area contributed by atoms with Gasteiger partial charge < -0.3 is 15.2 Å². The lowest BCUT2D eigenvalue weighted by Gasteiger charge is -2.40. The Hall–Kier alpha value is -1.80. The normalized spacial score (nSPS) is 29.0. The smallest absolute Gasteiger partial charge is 0.416 e. The van der Waals surface area contributed by atoms with E-state index >= 15 is 0 Å². The molecule has 2 bridgehead atoms. The summed E-state index contributed by atoms with van der Waals surface area (Å²) in [5.74, 6) is -1.71. The highest BCUT2D eigenvalue weighted by molar-refractivity contribution is 6.31. The fourth-order valence-electron chi connectivity index (χ4n) is 3.03. The molecule has 3 aliphatic rings. The fourth-order valence-corrected chi connectivity index (χ4v) is 3.27. The molecule has 23 heavy (non-hydrogen) atoms. The third-order valence-electron chi connectivity index (χ3n) is 4.22. The van der Waals surface area contributed by atoms with Crippen molar-refractivity contribution < 1.29 is 32.6 Å². The standard InChI is InChI=1S/C14H11ClF3NO4/c15-8-1-7(14(16,17)18)2-9(3-8)19-10(20)13-4-12(5-13,6-23-13)11(21)22/h1-3H,4-6H2,(H,19,20)(H,21,22). The van der Waals surface area contributed by atoms with Gasteiger partial charge in [0, 0.05) is 23.6 Å². The van der Waals surface area contributed by atoms with Crippen LogP contribution in [0.5, 0.6) is 0 Å². The van der Waals surface area contributed by atoms with Crippen LogP contribution in [0.25, 0.3) is 0 Å². The van der Waals surface area contributed by atoms with Crippen LogP contribution in [0.15, 0.2) is 18.2 Å². The molecule has 9 heteroatoms. The maximum atomic E-state index is 12.7. The van der Waals surface area contributed by atoms with E-state index in [0.717, 1.165) is 12.1 Å². The highest BCUT2D eigenvalue weighted by atomic mass is 35.5. The average molecular weight is 350 g/mol. The van der Waals surface area contributed by atoms with E-state index in [0.29, 0.717) is 0 Å². The highest BCUT2D eigenvalue weighted by Crippen LogP contribution is 2.58. The summed E-state index contributed by atoms with van der Waals surface area (Å²) in [6.45, 7) is -0.0842. The third-order valence-corrected chi connectivity index (χ3v) is 4.44. The van der Waals surface area contributed by atoms with Crippen molar-refractivity contribution in [2.24, 2.45) is 5.41 Å². The first kappa shape index (κ1) is 16.1. The van der Waals surface area contributed by atoms with Gasteiger partial charge in [-0.25, -0.2) is 0 Å². The first-order chi connectivity index (χ1) is 10.6. The van der Waals surface area contributed by atoms with Gasteiger partial charge in [0.2, 0.25) is 0 Å². The van der Waals surface area contributed by atoms with Gasteiger partial charge in [0.25, 0.3) is 5.91 Å². The minimum atomic E-state index is -4.60. The number of alkyl halides is 3. The van der Waals surface area contributed by atoms with Crippen molar-refractivity contribution in [2.45, 2.75) is 24.6 Å². The Morgan fingerprint density at radius 2 is 1.91 bits per heavy atom. The predicted octanol–water partition coefficient (Wildman–Crippen LogP) is 2.93. The Morgan fingerprint density at radius 3 is 2.43 bits per heavy atom. The maximum absolute atomic E-state index is 12.7. The Labute approximate surface area is 133 Å². The van der Waals surface area contributed by atoms with Gasteiger partial charge in [-0.2, -0.15) is 13.2 Å². The number of aliphatic carboxylic acids is 1. The molecule has 1 amide bonds. The molecule has 5 nitrogen and oxygen atoms in total. The maximum Gasteiger partial charge on any atom is 0.416 e. The zero-order chi connectivity index (χ0) is 17.0. The summed E-state index contributed by atoms with van der Waals surface area (Å²) in [7, 11) is 0. The molecule has 2 saturated heterocycles. The van der Waals surface area contributed by atoms with Crippen molar-refractivity contribution in [3.05, 3.63) is 28.8 Å². The summed E-state index contributed by atoms with van der Waals surface area (Å²) in [6, 6.07) is 2.70. The number of anilines is 1. The van der Waals surface area contributed by atoms with Crippen LogP contribution in [0.4, 0.5) is 18.9 Å². The van der Waals surface area contributed by atoms with Crippen molar-refractivity contribution in [3.63, 3.8) is 0 Å². The van der Waals surface area contributed by atoms with Crippen molar-refractivity contribution in [2.75, 3.05) is 11.9 Å². The fraction of sp³-hybridized carbons (Fsp3) is 0.429. The number of halogens is 4. The van der Waals surface area contributed by atoms with E-state index in [1.54, 1.807) is 0 Å². The summed E-state index contributed by atoms with van der Waals surface area (Å²) in [5, 5.41) is 11.3. The van der Waals surface area contributed by atoms with Crippen LogP contribution in [0.3, 0.4) is 0 Å². The van der Waals surface area contributed by atoms with Crippen LogP contribution in [0.2, 0.25) is 5.02 Å². The second-order valence-corrected chi connectivity index (χ2v) is 6.34. The van der Waals surface area contributed by atoms with Crippen molar-refractivity contribution in [3.8, 4) is 0 Å². The van der Waals surface area contributed by atoms with Crippen molar-refractivity contribution in [1.82, 2.24) is 0 Å². The Kier molecular flexibility index (Phi) is 3.39. The Balaban J connectivity index is 1.78. The topological polar surface area (TPSA) is 75.6 Å². The number of fused-ring (bicyclic) bond motifs is 1. The van der Waals surface area contributed by atoms with Crippen LogP contribution in [0.1, 0.15) is 18.4 Å². The number of amides is 1. The average Bonchev–Trinajstić information content (AvgIpc) is 2.93. The van der Waals surface area contributed by atoms with E-state index in [1.165, 1.54) is 6.07 Å². The molecule has 3 fully saturated rings. The molecule has 1 aromatic rings. The van der Waals surface area contributed by atoms with Gasteiger partial charge in [-0.1, -0.05) is 11.6 Å². The molecule has 2 aliphatic heterocycles. The second-order valence-electron chi connectivity index (χ2n) is 5.90. The SMILES string of the molecule is O=C(O)C12COC(C(=O)Nc3cc(Cl)cc(C(F)(F)F)c3)(C1)C2. The number of rotatable bonds is 3. The number of hydrogen-bond donors (Lipinski definition) is 2. The first-order valence-electron chi connectivity index (χ1n) is 6.63. The molecule has 1 aliphatic carbocycles. The van der Waals surface area contributed by atoms with Crippen LogP contribution in [-0.4, -0.2) is 29.2 Å². The van der Waals surface area contributed by atoms with Gasteiger partial charge >= 0.3 is 12.1 Å². The van der Waals surface area contributed by atoms with Gasteiger partial charge in [0.05, 0.1) is 17.6 Å². The number of ether oxygens (including phenoxy) is 1. The quantitative estimate of drug-likeness (QED) is 0.879. The van der Waals surface area contributed by atoms with Crippen LogP contribution >= 0.6 is 11.6 Å². The molecule has 2 N–H and O–H groups in total. The molecule has 124 valence electrons. The Morgan fingerprint density at radius 1 is 1.26 bits per heavy atom. The van der Waals surface area contributed by atoms with Crippen molar-refractivity contribution in [1.29, 1.82) is 0 Å². The summed E-state index contributed by atoms with van der Waals surface area (Å²) < 4.78 is 43.5. The largest absolute Gasteiger partial charge is 0.481 e. The summed E-state index contributed by atoms with van der Waals surface area (Å²) in [5.41, 5.74) is -3.46. The summed E-state index contributed by atoms with van der Waals surface area (Å²) >= 11 is 5.65. The molecule has 0 spiro atoms. The predicted molar refractivity (Wildman–Crippen MR) is 73.1 cm³/mol. The zero-order valence-corrected chi connectivity index (χ0v) is 12.3. The minimum absolute atomic E-state index is 0.00780. The van der Waals surface area contributed by atoms with Gasteiger partial charge in [0.1, 0.15) is 5.60 Å². The van der Waals surface area contributed by atoms with Crippen LogP contribution < -0.4 is 5.32 Å². The van der Waals surface area contributed by atoms with E-state index in [1.807, 2.05) is 0 Å². The molecular weight excluding hydrogens is 339 g/mol. The molecule has 4 rings (SSSR count). The number of hydrogen-bond acceptors (Lipinski definition) is 3. The number of carbonyl (C=O) groups excluding carboxylic acids is 1. The number of carbonyl (C=O) groups is 2. The number of carboxylic acids is 1. The monoisotopic (exact) mass is 349 g/mol. The zero-order valence-electron chi connectivity index (χ0n) is 11.5. The molecule has 0 unspecified atom stereocenters. The minimum Gasteiger partial charge on any atom is -0.481 e. The number of benzene rings is 1. The Bertz CT molecular complexity index is 698. The molecular formula is C14H11ClF3NO4. The van der Waals surface area contributed by atoms with E-state index in [4.69, 9.17) is 21.4 Å². The molecule has 0 radical (unpaired) electrons. The van der Waals surface area contributed by atoms with Crippen LogP contribution in [0, 0.1) is 5.41 Å². The lowest BCUT2D eigenvalue weighted by Crippen LogP contribution is -2.55. The highest BCUT2D eigenvalue weighted by Gasteiger charge is 2.70. The second kappa shape index (κ2) is 4.85.